The van der Waals surface area contributed by atoms with E-state index in [-0.39, 0.29) is 5.50 Å². The summed E-state index contributed by atoms with van der Waals surface area (Å²) in [6.45, 7) is 2.18. The molecular formula is C12H17ClN2. The summed E-state index contributed by atoms with van der Waals surface area (Å²) < 4.78 is 0. The Morgan fingerprint density at radius 2 is 2.13 bits per heavy atom. The highest BCUT2D eigenvalue weighted by Gasteiger charge is 2.22. The van der Waals surface area contributed by atoms with Crippen molar-refractivity contribution >= 4 is 23.0 Å². The fourth-order valence-electron chi connectivity index (χ4n) is 1.91. The van der Waals surface area contributed by atoms with Crippen molar-refractivity contribution in [1.82, 2.24) is 0 Å². The Morgan fingerprint density at radius 1 is 1.40 bits per heavy atom. The molecule has 82 valence electrons. The van der Waals surface area contributed by atoms with E-state index in [1.165, 1.54) is 16.9 Å². The van der Waals surface area contributed by atoms with Crippen molar-refractivity contribution in [2.75, 3.05) is 24.3 Å². The van der Waals surface area contributed by atoms with E-state index in [9.17, 15) is 0 Å². The minimum absolute atomic E-state index is 0.0581. The first kappa shape index (κ1) is 10.6. The molecule has 1 aliphatic rings. The van der Waals surface area contributed by atoms with Gasteiger partial charge in [-0.2, -0.15) is 0 Å². The van der Waals surface area contributed by atoms with Gasteiger partial charge in [0.15, 0.2) is 0 Å². The van der Waals surface area contributed by atoms with Gasteiger partial charge < -0.3 is 10.2 Å². The van der Waals surface area contributed by atoms with Crippen LogP contribution in [-0.4, -0.2) is 19.6 Å². The molecule has 0 spiro atoms. The second kappa shape index (κ2) is 3.93. The lowest BCUT2D eigenvalue weighted by Crippen LogP contribution is -2.28. The number of anilines is 2. The Hall–Kier alpha value is -0.890. The largest absolute Gasteiger partial charge is 0.378 e. The second-order valence-electron chi connectivity index (χ2n) is 4.46. The molecule has 15 heavy (non-hydrogen) atoms. The van der Waals surface area contributed by atoms with E-state index in [1.807, 2.05) is 0 Å². The van der Waals surface area contributed by atoms with Crippen molar-refractivity contribution in [2.45, 2.75) is 18.8 Å². The predicted octanol–water partition coefficient (Wildman–Crippen LogP) is 2.92. The maximum absolute atomic E-state index is 6.18. The average molecular weight is 225 g/mol. The Kier molecular flexibility index (Phi) is 2.79. The number of alkyl halides is 1. The van der Waals surface area contributed by atoms with Gasteiger partial charge in [0.2, 0.25) is 0 Å². The van der Waals surface area contributed by atoms with Crippen LogP contribution in [0, 0.1) is 5.92 Å². The second-order valence-corrected chi connectivity index (χ2v) is 4.93. The molecule has 1 N–H and O–H groups in total. The fourth-order valence-corrected chi connectivity index (χ4v) is 2.12. The summed E-state index contributed by atoms with van der Waals surface area (Å²) in [6.07, 6.45) is 1.05. The molecule has 1 aliphatic heterocycles. The molecule has 0 amide bonds. The molecular weight excluding hydrogens is 208 g/mol. The third kappa shape index (κ3) is 2.05. The summed E-state index contributed by atoms with van der Waals surface area (Å²) >= 11 is 6.18. The van der Waals surface area contributed by atoms with Gasteiger partial charge in [-0.15, -0.1) is 0 Å². The standard InChI is InChI=1S/C12H17ClN2/c1-8-6-9-7-10(15(2)3)4-5-11(9)14-12(8)13/h4-5,7-8,12,14H,6H2,1-3H3/t8-,12?/m1/s1. The molecule has 1 aromatic carbocycles. The molecule has 2 nitrogen and oxygen atoms in total. The van der Waals surface area contributed by atoms with Crippen LogP contribution in [0.25, 0.3) is 0 Å². The van der Waals surface area contributed by atoms with Crippen molar-refractivity contribution < 1.29 is 0 Å². The van der Waals surface area contributed by atoms with Gasteiger partial charge in [0.05, 0.1) is 0 Å². The molecule has 0 bridgehead atoms. The van der Waals surface area contributed by atoms with Crippen molar-refractivity contribution in [3.05, 3.63) is 23.8 Å². The van der Waals surface area contributed by atoms with Crippen LogP contribution < -0.4 is 10.2 Å². The molecule has 0 saturated heterocycles. The van der Waals surface area contributed by atoms with Gasteiger partial charge in [0.25, 0.3) is 0 Å². The van der Waals surface area contributed by atoms with Crippen LogP contribution in [0.3, 0.4) is 0 Å². The van der Waals surface area contributed by atoms with Gasteiger partial charge in [-0.3, -0.25) is 0 Å². The van der Waals surface area contributed by atoms with Crippen molar-refractivity contribution in [2.24, 2.45) is 5.92 Å². The molecule has 0 saturated carbocycles. The van der Waals surface area contributed by atoms with Gasteiger partial charge in [0.1, 0.15) is 5.50 Å². The Labute approximate surface area is 96.2 Å². The van der Waals surface area contributed by atoms with Crippen molar-refractivity contribution in [1.29, 1.82) is 0 Å². The van der Waals surface area contributed by atoms with Gasteiger partial charge in [-0.1, -0.05) is 18.5 Å². The summed E-state index contributed by atoms with van der Waals surface area (Å²) in [5.74, 6) is 0.483. The third-order valence-corrected chi connectivity index (χ3v) is 3.48. The molecule has 2 rings (SSSR count). The quantitative estimate of drug-likeness (QED) is 0.583. The van der Waals surface area contributed by atoms with Crippen molar-refractivity contribution in [3.63, 3.8) is 0 Å². The van der Waals surface area contributed by atoms with Crippen LogP contribution in [0.1, 0.15) is 12.5 Å². The maximum atomic E-state index is 6.18. The fraction of sp³-hybridized carbons (Fsp3) is 0.500. The first-order valence-corrected chi connectivity index (χ1v) is 5.72. The SMILES string of the molecule is C[C@@H]1Cc2cc(N(C)C)ccc2NC1Cl. The number of hydrogen-bond donors (Lipinski definition) is 1. The third-order valence-electron chi connectivity index (χ3n) is 2.94. The van der Waals surface area contributed by atoms with Gasteiger partial charge in [-0.05, 0) is 36.1 Å². The number of rotatable bonds is 1. The molecule has 2 atom stereocenters. The number of hydrogen-bond acceptors (Lipinski definition) is 2. The van der Waals surface area contributed by atoms with E-state index in [2.05, 4.69) is 49.4 Å². The van der Waals surface area contributed by atoms with Gasteiger partial charge >= 0.3 is 0 Å². The van der Waals surface area contributed by atoms with E-state index in [4.69, 9.17) is 11.6 Å². The molecule has 0 aliphatic carbocycles. The monoisotopic (exact) mass is 224 g/mol. The molecule has 1 unspecified atom stereocenters. The lowest BCUT2D eigenvalue weighted by molar-refractivity contribution is 0.558. The van der Waals surface area contributed by atoms with E-state index < -0.39 is 0 Å². The molecule has 1 aromatic rings. The number of fused-ring (bicyclic) bond motifs is 1. The molecule has 1 heterocycles. The van der Waals surface area contributed by atoms with Crippen LogP contribution in [0.5, 0.6) is 0 Å². The number of nitrogens with one attached hydrogen (secondary N) is 1. The molecule has 0 fully saturated rings. The lowest BCUT2D eigenvalue weighted by atomic mass is 9.95. The van der Waals surface area contributed by atoms with E-state index in [1.54, 1.807) is 0 Å². The van der Waals surface area contributed by atoms with Crippen LogP contribution in [0.15, 0.2) is 18.2 Å². The molecule has 0 aromatic heterocycles. The summed E-state index contributed by atoms with van der Waals surface area (Å²) in [7, 11) is 4.12. The van der Waals surface area contributed by atoms with Gasteiger partial charge in [-0.25, -0.2) is 0 Å². The smallest absolute Gasteiger partial charge is 0.104 e. The Balaban J connectivity index is 2.33. The van der Waals surface area contributed by atoms with Crippen LogP contribution in [0.2, 0.25) is 0 Å². The zero-order valence-electron chi connectivity index (χ0n) is 9.42. The number of benzene rings is 1. The predicted molar refractivity (Wildman–Crippen MR) is 66.9 cm³/mol. The first-order valence-electron chi connectivity index (χ1n) is 5.29. The average Bonchev–Trinajstić information content (AvgIpc) is 2.19. The number of nitrogens with zero attached hydrogens (tertiary/aromatic N) is 1. The van der Waals surface area contributed by atoms with Crippen LogP contribution in [-0.2, 0) is 6.42 Å². The summed E-state index contributed by atoms with van der Waals surface area (Å²) in [5, 5.41) is 3.32. The Morgan fingerprint density at radius 3 is 2.80 bits per heavy atom. The highest BCUT2D eigenvalue weighted by molar-refractivity contribution is 6.22. The first-order chi connectivity index (χ1) is 7.08. The number of halogens is 1. The normalized spacial score (nSPS) is 24.3. The van der Waals surface area contributed by atoms with E-state index >= 15 is 0 Å². The molecule has 3 heteroatoms. The maximum Gasteiger partial charge on any atom is 0.104 e. The zero-order chi connectivity index (χ0) is 11.0. The minimum atomic E-state index is 0.0581. The highest BCUT2D eigenvalue weighted by atomic mass is 35.5. The highest BCUT2D eigenvalue weighted by Crippen LogP contribution is 2.32. The van der Waals surface area contributed by atoms with Gasteiger partial charge in [0, 0.05) is 25.5 Å². The minimum Gasteiger partial charge on any atom is -0.378 e. The van der Waals surface area contributed by atoms with Crippen LogP contribution in [0.4, 0.5) is 11.4 Å². The topological polar surface area (TPSA) is 15.3 Å². The summed E-state index contributed by atoms with van der Waals surface area (Å²) in [4.78, 5) is 2.12. The zero-order valence-corrected chi connectivity index (χ0v) is 10.2. The Bertz CT molecular complexity index is 363. The summed E-state index contributed by atoms with van der Waals surface area (Å²) in [5.41, 5.74) is 3.85. The van der Waals surface area contributed by atoms with E-state index in [0.717, 1.165) is 6.42 Å². The summed E-state index contributed by atoms with van der Waals surface area (Å²) in [6, 6.07) is 6.47. The van der Waals surface area contributed by atoms with Crippen molar-refractivity contribution in [3.8, 4) is 0 Å². The van der Waals surface area contributed by atoms with E-state index in [0.29, 0.717) is 5.92 Å². The van der Waals surface area contributed by atoms with Crippen LogP contribution >= 0.6 is 11.6 Å². The molecule has 0 radical (unpaired) electrons. The lowest BCUT2D eigenvalue weighted by Gasteiger charge is -2.29.